The van der Waals surface area contributed by atoms with Crippen LogP contribution in [0, 0.1) is 13.8 Å². The van der Waals surface area contributed by atoms with Crippen molar-refractivity contribution >= 4 is 17.6 Å². The predicted molar refractivity (Wildman–Crippen MR) is 123 cm³/mol. The van der Waals surface area contributed by atoms with Gasteiger partial charge in [0, 0.05) is 30.2 Å². The number of fused-ring (bicyclic) bond motifs is 1. The van der Waals surface area contributed by atoms with Crippen molar-refractivity contribution < 1.29 is 27.3 Å². The van der Waals surface area contributed by atoms with Crippen LogP contribution in [0.1, 0.15) is 41.0 Å². The molecule has 4 aromatic rings. The van der Waals surface area contributed by atoms with E-state index in [0.29, 0.717) is 17.0 Å². The molecule has 7 nitrogen and oxygen atoms in total. The number of alkyl halides is 3. The Bertz CT molecular complexity index is 1350. The molecule has 0 atom stereocenters. The summed E-state index contributed by atoms with van der Waals surface area (Å²) < 4.78 is 44.1. The maximum absolute atomic E-state index is 12.4. The second kappa shape index (κ2) is 10.1. The Kier molecular flexibility index (Phi) is 6.99. The Labute approximate surface area is 199 Å². The molecule has 0 spiro atoms. The summed E-state index contributed by atoms with van der Waals surface area (Å²) in [7, 11) is 0. The Balaban J connectivity index is 1.43. The molecule has 0 unspecified atom stereocenters. The van der Waals surface area contributed by atoms with Gasteiger partial charge in [0.25, 0.3) is 0 Å². The summed E-state index contributed by atoms with van der Waals surface area (Å²) in [6.45, 7) is 3.90. The van der Waals surface area contributed by atoms with Crippen LogP contribution in [0.25, 0.3) is 16.9 Å². The summed E-state index contributed by atoms with van der Waals surface area (Å²) in [5.41, 5.74) is 5.35. The molecule has 0 amide bonds. The Morgan fingerprint density at radius 3 is 2.80 bits per heavy atom. The van der Waals surface area contributed by atoms with Crippen molar-refractivity contribution in [2.75, 3.05) is 0 Å². The van der Waals surface area contributed by atoms with Crippen molar-refractivity contribution in [3.05, 3.63) is 76.9 Å². The first-order valence-corrected chi connectivity index (χ1v) is 10.9. The van der Waals surface area contributed by atoms with Crippen LogP contribution < -0.4 is 0 Å². The molecule has 0 radical (unpaired) electrons. The Morgan fingerprint density at radius 1 is 1.23 bits per heavy atom. The zero-order valence-corrected chi connectivity index (χ0v) is 19.2. The van der Waals surface area contributed by atoms with Gasteiger partial charge in [0.2, 0.25) is 0 Å². The second-order valence-electron chi connectivity index (χ2n) is 8.17. The van der Waals surface area contributed by atoms with E-state index in [4.69, 9.17) is 9.36 Å². The van der Waals surface area contributed by atoms with Gasteiger partial charge >= 0.3 is 6.18 Å². The first-order valence-electron chi connectivity index (χ1n) is 10.9. The molecule has 0 aliphatic heterocycles. The molecule has 3 aromatic heterocycles. The van der Waals surface area contributed by atoms with Gasteiger partial charge in [-0.25, -0.2) is 4.98 Å². The molecule has 1 aromatic carbocycles. The van der Waals surface area contributed by atoms with E-state index in [-0.39, 0.29) is 13.0 Å². The van der Waals surface area contributed by atoms with Gasteiger partial charge in [-0.2, -0.15) is 13.2 Å². The summed E-state index contributed by atoms with van der Waals surface area (Å²) in [6, 6.07) is 10.9. The molecule has 0 aliphatic rings. The third kappa shape index (κ3) is 6.14. The fraction of sp³-hybridized carbons (Fsp3) is 0.280. The highest BCUT2D eigenvalue weighted by atomic mass is 19.4. The number of Topliss-reactive ketones (excluding diaryl/α,β-unsaturated/α-hetero) is 1. The van der Waals surface area contributed by atoms with Gasteiger partial charge in [-0.3, -0.25) is 9.20 Å². The molecule has 0 bridgehead atoms. The number of imidazole rings is 1. The van der Waals surface area contributed by atoms with Crippen LogP contribution in [0.5, 0.6) is 0 Å². The minimum Gasteiger partial charge on any atom is -0.391 e. The van der Waals surface area contributed by atoms with E-state index < -0.39 is 24.8 Å². The van der Waals surface area contributed by atoms with Crippen molar-refractivity contribution in [1.29, 1.82) is 0 Å². The van der Waals surface area contributed by atoms with Crippen molar-refractivity contribution in [3.8, 4) is 11.3 Å². The fourth-order valence-electron chi connectivity index (χ4n) is 3.64. The number of pyridine rings is 1. The largest absolute Gasteiger partial charge is 0.391 e. The molecular weight excluding hydrogens is 461 g/mol. The van der Waals surface area contributed by atoms with Crippen LogP contribution in [0.4, 0.5) is 13.2 Å². The topological polar surface area (TPSA) is 82.0 Å². The average Bonchev–Trinajstić information content (AvgIpc) is 3.38. The highest BCUT2D eigenvalue weighted by molar-refractivity contribution is 5.82. The van der Waals surface area contributed by atoms with E-state index in [1.54, 1.807) is 30.6 Å². The summed E-state index contributed by atoms with van der Waals surface area (Å²) in [5, 5.41) is 7.88. The smallest absolute Gasteiger partial charge is 0.389 e. The van der Waals surface area contributed by atoms with E-state index >= 15 is 0 Å². The SMILES string of the molecule is Cc1noc(C)c1CO/N=C\c1ccn2c(-c3cccc(CC(=O)CCC(F)(F)F)c3)cnc2c1. The van der Waals surface area contributed by atoms with E-state index in [9.17, 15) is 18.0 Å². The molecule has 10 heteroatoms. The Morgan fingerprint density at radius 2 is 2.06 bits per heavy atom. The number of benzene rings is 1. The molecular formula is C25H23F3N4O3. The van der Waals surface area contributed by atoms with Crippen LogP contribution in [-0.4, -0.2) is 32.7 Å². The van der Waals surface area contributed by atoms with Crippen molar-refractivity contribution in [2.24, 2.45) is 5.16 Å². The van der Waals surface area contributed by atoms with E-state index in [1.165, 1.54) is 0 Å². The van der Waals surface area contributed by atoms with E-state index in [2.05, 4.69) is 15.3 Å². The number of hydrogen-bond acceptors (Lipinski definition) is 6. The number of halogens is 3. The lowest BCUT2D eigenvalue weighted by Gasteiger charge is -2.07. The molecule has 0 N–H and O–H groups in total. The molecule has 0 fully saturated rings. The maximum Gasteiger partial charge on any atom is 0.389 e. The quantitative estimate of drug-likeness (QED) is 0.228. The van der Waals surface area contributed by atoms with Crippen molar-refractivity contribution in [1.82, 2.24) is 14.5 Å². The maximum atomic E-state index is 12.4. The van der Waals surface area contributed by atoms with Crippen LogP contribution in [0.15, 0.2) is 58.5 Å². The zero-order valence-electron chi connectivity index (χ0n) is 19.2. The zero-order chi connectivity index (χ0) is 25.0. The lowest BCUT2D eigenvalue weighted by Crippen LogP contribution is -2.12. The Hall–Kier alpha value is -3.95. The highest BCUT2D eigenvalue weighted by Crippen LogP contribution is 2.24. The molecule has 4 rings (SSSR count). The lowest BCUT2D eigenvalue weighted by molar-refractivity contribution is -0.143. The van der Waals surface area contributed by atoms with Gasteiger partial charge < -0.3 is 9.36 Å². The van der Waals surface area contributed by atoms with Gasteiger partial charge in [-0.15, -0.1) is 0 Å². The molecule has 3 heterocycles. The first kappa shape index (κ1) is 24.2. The minimum absolute atomic E-state index is 0.0464. The van der Waals surface area contributed by atoms with Gasteiger partial charge in [0.1, 0.15) is 23.8 Å². The molecule has 182 valence electrons. The number of nitrogens with zero attached hydrogens (tertiary/aromatic N) is 4. The van der Waals surface area contributed by atoms with Crippen LogP contribution >= 0.6 is 0 Å². The second-order valence-corrected chi connectivity index (χ2v) is 8.17. The number of rotatable bonds is 9. The summed E-state index contributed by atoms with van der Waals surface area (Å²) >= 11 is 0. The van der Waals surface area contributed by atoms with Crippen molar-refractivity contribution in [3.63, 3.8) is 0 Å². The monoisotopic (exact) mass is 484 g/mol. The highest BCUT2D eigenvalue weighted by Gasteiger charge is 2.27. The number of carbonyl (C=O) groups is 1. The van der Waals surface area contributed by atoms with Crippen LogP contribution in [0.3, 0.4) is 0 Å². The predicted octanol–water partition coefficient (Wildman–Crippen LogP) is 5.61. The van der Waals surface area contributed by atoms with Gasteiger partial charge in [0.15, 0.2) is 0 Å². The third-order valence-electron chi connectivity index (χ3n) is 5.52. The lowest BCUT2D eigenvalue weighted by atomic mass is 10.0. The summed E-state index contributed by atoms with van der Waals surface area (Å²) in [6.07, 6.45) is -0.873. The number of aryl methyl sites for hydroxylation is 2. The third-order valence-corrected chi connectivity index (χ3v) is 5.52. The van der Waals surface area contributed by atoms with E-state index in [1.807, 2.05) is 42.6 Å². The molecule has 0 saturated carbocycles. The molecule has 0 saturated heterocycles. The number of oxime groups is 1. The average molecular weight is 484 g/mol. The standard InChI is InChI=1S/C25H23F3N4O3/c1-16-22(17(2)35-31-16)15-34-30-13-19-7-9-32-23(14-29-24(32)12-19)20-5-3-4-18(10-20)11-21(33)6-8-25(26,27)28/h3-5,7,9-10,12-14H,6,8,11,15H2,1-2H3/b30-13-. The normalized spacial score (nSPS) is 12.0. The summed E-state index contributed by atoms with van der Waals surface area (Å²) in [4.78, 5) is 21.8. The van der Waals surface area contributed by atoms with Crippen LogP contribution in [-0.2, 0) is 22.7 Å². The summed E-state index contributed by atoms with van der Waals surface area (Å²) in [5.74, 6) is 0.247. The van der Waals surface area contributed by atoms with Crippen LogP contribution in [0.2, 0.25) is 0 Å². The first-order chi connectivity index (χ1) is 16.7. The number of aromatic nitrogens is 3. The fourth-order valence-corrected chi connectivity index (χ4v) is 3.64. The van der Waals surface area contributed by atoms with Gasteiger partial charge in [-0.1, -0.05) is 28.5 Å². The van der Waals surface area contributed by atoms with E-state index in [0.717, 1.165) is 28.1 Å². The number of carbonyl (C=O) groups excluding carboxylic acids is 1. The molecule has 0 aliphatic carbocycles. The van der Waals surface area contributed by atoms with Gasteiger partial charge in [0.05, 0.1) is 35.8 Å². The minimum atomic E-state index is -4.33. The van der Waals surface area contributed by atoms with Gasteiger partial charge in [-0.05, 0) is 37.6 Å². The number of ketones is 1. The number of hydrogen-bond donors (Lipinski definition) is 0. The van der Waals surface area contributed by atoms with Crippen molar-refractivity contribution in [2.45, 2.75) is 45.9 Å². The molecule has 35 heavy (non-hydrogen) atoms.